The summed E-state index contributed by atoms with van der Waals surface area (Å²) in [5, 5.41) is 10.6. The predicted octanol–water partition coefficient (Wildman–Crippen LogP) is 3.45. The largest absolute Gasteiger partial charge is 0.389 e. The van der Waals surface area contributed by atoms with E-state index < -0.39 is 5.60 Å². The van der Waals surface area contributed by atoms with Crippen molar-refractivity contribution in [1.82, 2.24) is 0 Å². The van der Waals surface area contributed by atoms with Crippen LogP contribution in [0.2, 0.25) is 0 Å². The van der Waals surface area contributed by atoms with Crippen molar-refractivity contribution in [2.75, 3.05) is 6.61 Å². The molecule has 2 nitrogen and oxygen atoms in total. The highest BCUT2D eigenvalue weighted by Gasteiger charge is 2.35. The van der Waals surface area contributed by atoms with Gasteiger partial charge < -0.3 is 9.84 Å². The molecule has 0 spiro atoms. The van der Waals surface area contributed by atoms with Gasteiger partial charge in [-0.15, -0.1) is 0 Å². The molecule has 2 unspecified atom stereocenters. The first-order valence-corrected chi connectivity index (χ1v) is 7.09. The summed E-state index contributed by atoms with van der Waals surface area (Å²) in [4.78, 5) is 0. The van der Waals surface area contributed by atoms with Crippen molar-refractivity contribution in [1.29, 1.82) is 0 Å². The molecule has 1 aliphatic rings. The van der Waals surface area contributed by atoms with Crippen LogP contribution in [0.1, 0.15) is 31.7 Å². The highest BCUT2D eigenvalue weighted by molar-refractivity contribution is 9.10. The Morgan fingerprint density at radius 1 is 1.56 bits per heavy atom. The van der Waals surface area contributed by atoms with E-state index in [0.717, 1.165) is 10.9 Å². The van der Waals surface area contributed by atoms with Gasteiger partial charge in [-0.3, -0.25) is 0 Å². The zero-order chi connectivity index (χ0) is 13.2. The standard InChI is InChI=1S/C14H18BrFO2/c1-2-12-9-14(17,5-6-18-12)8-10-7-11(15)3-4-13(10)16/h3-4,7,12,17H,2,5-6,8-9H2,1H3. The Balaban J connectivity index is 2.14. The Morgan fingerprint density at radius 2 is 2.33 bits per heavy atom. The Morgan fingerprint density at radius 3 is 3.06 bits per heavy atom. The van der Waals surface area contributed by atoms with Crippen molar-refractivity contribution in [3.05, 3.63) is 34.1 Å². The van der Waals surface area contributed by atoms with Gasteiger partial charge in [-0.1, -0.05) is 22.9 Å². The Labute approximate surface area is 115 Å². The summed E-state index contributed by atoms with van der Waals surface area (Å²) in [5.41, 5.74) is -0.288. The van der Waals surface area contributed by atoms with E-state index in [2.05, 4.69) is 15.9 Å². The van der Waals surface area contributed by atoms with E-state index in [1.54, 1.807) is 12.1 Å². The van der Waals surface area contributed by atoms with E-state index in [4.69, 9.17) is 4.74 Å². The fourth-order valence-corrected chi connectivity index (χ4v) is 2.86. The van der Waals surface area contributed by atoms with Crippen LogP contribution in [-0.2, 0) is 11.2 Å². The topological polar surface area (TPSA) is 29.5 Å². The second kappa shape index (κ2) is 5.68. The molecular weight excluding hydrogens is 299 g/mol. The van der Waals surface area contributed by atoms with Crippen molar-refractivity contribution < 1.29 is 14.2 Å². The minimum atomic E-state index is -0.847. The van der Waals surface area contributed by atoms with E-state index in [9.17, 15) is 9.50 Å². The lowest BCUT2D eigenvalue weighted by Gasteiger charge is -2.36. The van der Waals surface area contributed by atoms with E-state index in [1.165, 1.54) is 6.07 Å². The smallest absolute Gasteiger partial charge is 0.126 e. The van der Waals surface area contributed by atoms with Crippen LogP contribution in [0.15, 0.2) is 22.7 Å². The molecular formula is C14H18BrFO2. The summed E-state index contributed by atoms with van der Waals surface area (Å²) in [7, 11) is 0. The molecule has 1 fully saturated rings. The second-order valence-electron chi connectivity index (χ2n) is 4.99. The highest BCUT2D eigenvalue weighted by Crippen LogP contribution is 2.31. The summed E-state index contributed by atoms with van der Waals surface area (Å²) >= 11 is 3.33. The summed E-state index contributed by atoms with van der Waals surface area (Å²) in [6.07, 6.45) is 2.45. The molecule has 0 saturated carbocycles. The van der Waals surface area contributed by atoms with Crippen molar-refractivity contribution in [2.45, 2.75) is 44.3 Å². The lowest BCUT2D eigenvalue weighted by atomic mass is 9.84. The number of benzene rings is 1. The van der Waals surface area contributed by atoms with E-state index in [1.807, 2.05) is 6.92 Å². The molecule has 0 amide bonds. The molecule has 2 rings (SSSR count). The molecule has 1 saturated heterocycles. The maximum Gasteiger partial charge on any atom is 0.126 e. The molecule has 1 aliphatic heterocycles. The number of rotatable bonds is 3. The van der Waals surface area contributed by atoms with Gasteiger partial charge in [-0.05, 0) is 36.6 Å². The highest BCUT2D eigenvalue weighted by atomic mass is 79.9. The summed E-state index contributed by atoms with van der Waals surface area (Å²) in [6, 6.07) is 4.84. The number of hydrogen-bond acceptors (Lipinski definition) is 2. The zero-order valence-corrected chi connectivity index (χ0v) is 12.0. The minimum Gasteiger partial charge on any atom is -0.389 e. The van der Waals surface area contributed by atoms with Crippen molar-refractivity contribution >= 4 is 15.9 Å². The molecule has 0 aliphatic carbocycles. The monoisotopic (exact) mass is 316 g/mol. The van der Waals surface area contributed by atoms with Gasteiger partial charge in [0, 0.05) is 23.9 Å². The van der Waals surface area contributed by atoms with E-state index in [-0.39, 0.29) is 11.9 Å². The lowest BCUT2D eigenvalue weighted by Crippen LogP contribution is -2.42. The Bertz CT molecular complexity index is 424. The molecule has 1 aromatic carbocycles. The van der Waals surface area contributed by atoms with Gasteiger partial charge in [0.25, 0.3) is 0 Å². The zero-order valence-electron chi connectivity index (χ0n) is 10.5. The first kappa shape index (κ1) is 14.0. The van der Waals surface area contributed by atoms with E-state index >= 15 is 0 Å². The van der Waals surface area contributed by atoms with Gasteiger partial charge in [0.1, 0.15) is 5.82 Å². The van der Waals surface area contributed by atoms with Crippen LogP contribution in [0.25, 0.3) is 0 Å². The predicted molar refractivity (Wildman–Crippen MR) is 72.0 cm³/mol. The third-order valence-electron chi connectivity index (χ3n) is 3.51. The summed E-state index contributed by atoms with van der Waals surface area (Å²) < 4.78 is 20.1. The maximum atomic E-state index is 13.7. The SMILES string of the molecule is CCC1CC(O)(Cc2cc(Br)ccc2F)CCO1. The number of ether oxygens (including phenoxy) is 1. The second-order valence-corrected chi connectivity index (χ2v) is 5.91. The van der Waals surface area contributed by atoms with Crippen molar-refractivity contribution in [3.8, 4) is 0 Å². The number of aliphatic hydroxyl groups is 1. The summed E-state index contributed by atoms with van der Waals surface area (Å²) in [6.45, 7) is 2.58. The van der Waals surface area contributed by atoms with Gasteiger partial charge in [0.05, 0.1) is 11.7 Å². The Hall–Kier alpha value is -0.450. The normalized spacial score (nSPS) is 28.3. The van der Waals surface area contributed by atoms with Crippen LogP contribution in [0.3, 0.4) is 0 Å². The van der Waals surface area contributed by atoms with Gasteiger partial charge in [-0.25, -0.2) is 4.39 Å². The van der Waals surface area contributed by atoms with Crippen LogP contribution in [0.5, 0.6) is 0 Å². The third kappa shape index (κ3) is 3.31. The molecule has 2 atom stereocenters. The van der Waals surface area contributed by atoms with Gasteiger partial charge in [0.2, 0.25) is 0 Å². The Kier molecular flexibility index (Phi) is 4.41. The van der Waals surface area contributed by atoms with Crippen LogP contribution in [0.4, 0.5) is 4.39 Å². The number of hydrogen-bond donors (Lipinski definition) is 1. The third-order valence-corrected chi connectivity index (χ3v) is 4.00. The van der Waals surface area contributed by atoms with Crippen LogP contribution in [-0.4, -0.2) is 23.4 Å². The van der Waals surface area contributed by atoms with Crippen LogP contribution in [0, 0.1) is 5.82 Å². The molecule has 18 heavy (non-hydrogen) atoms. The average molecular weight is 317 g/mol. The molecule has 1 aromatic rings. The van der Waals surface area contributed by atoms with Gasteiger partial charge in [0.15, 0.2) is 0 Å². The molecule has 0 aromatic heterocycles. The molecule has 4 heteroatoms. The lowest BCUT2D eigenvalue weighted by molar-refractivity contribution is -0.103. The average Bonchev–Trinajstić information content (AvgIpc) is 2.33. The molecule has 100 valence electrons. The molecule has 0 bridgehead atoms. The van der Waals surface area contributed by atoms with Crippen molar-refractivity contribution in [2.24, 2.45) is 0 Å². The summed E-state index contributed by atoms with van der Waals surface area (Å²) in [5.74, 6) is -0.258. The number of halogens is 2. The molecule has 1 heterocycles. The molecule has 0 radical (unpaired) electrons. The van der Waals surface area contributed by atoms with Crippen LogP contribution >= 0.6 is 15.9 Å². The van der Waals surface area contributed by atoms with Crippen molar-refractivity contribution in [3.63, 3.8) is 0 Å². The van der Waals surface area contributed by atoms with E-state index in [0.29, 0.717) is 31.4 Å². The molecule has 1 N–H and O–H groups in total. The quantitative estimate of drug-likeness (QED) is 0.925. The van der Waals surface area contributed by atoms with Crippen LogP contribution < -0.4 is 0 Å². The fraction of sp³-hybridized carbons (Fsp3) is 0.571. The minimum absolute atomic E-state index is 0.0824. The first-order valence-electron chi connectivity index (χ1n) is 6.30. The fourth-order valence-electron chi connectivity index (χ4n) is 2.46. The first-order chi connectivity index (χ1) is 8.52. The maximum absolute atomic E-state index is 13.7. The van der Waals surface area contributed by atoms with Gasteiger partial charge >= 0.3 is 0 Å². The van der Waals surface area contributed by atoms with Gasteiger partial charge in [-0.2, -0.15) is 0 Å².